The van der Waals surface area contributed by atoms with E-state index in [1.165, 1.54) is 18.9 Å². The Morgan fingerprint density at radius 2 is 2.03 bits per heavy atom. The molecule has 7 heteroatoms. The third-order valence-corrected chi connectivity index (χ3v) is 6.36. The lowest BCUT2D eigenvalue weighted by Gasteiger charge is -2.20. The van der Waals surface area contributed by atoms with Gasteiger partial charge in [0.1, 0.15) is 0 Å². The standard InChI is InChI=1S/C25H25N3O4/c1-13(2)27-11-16-22(15-8-9-20(30)21(10-15)32-4)24-18(12-28(14(3)29)25(24)31)26-17-6-5-7-19(27)23(16)17/h5-11,13,22,26,30H,12H2,1-4H3/t22-/m1/s1. The van der Waals surface area contributed by atoms with Crippen LogP contribution in [0.5, 0.6) is 11.5 Å². The lowest BCUT2D eigenvalue weighted by molar-refractivity contribution is -0.139. The number of nitrogens with one attached hydrogen (secondary N) is 1. The minimum Gasteiger partial charge on any atom is -0.504 e. The molecule has 2 aliphatic rings. The van der Waals surface area contributed by atoms with Gasteiger partial charge in [0.25, 0.3) is 5.91 Å². The maximum Gasteiger partial charge on any atom is 0.259 e. The molecule has 2 N–H and O–H groups in total. The molecule has 1 atom stereocenters. The van der Waals surface area contributed by atoms with Gasteiger partial charge in [0.2, 0.25) is 5.91 Å². The molecule has 3 heterocycles. The molecular formula is C25H25N3O4. The number of imide groups is 1. The predicted octanol–water partition coefficient (Wildman–Crippen LogP) is 4.14. The number of rotatable bonds is 3. The van der Waals surface area contributed by atoms with Gasteiger partial charge in [0.15, 0.2) is 11.5 Å². The molecule has 0 radical (unpaired) electrons. The molecule has 0 spiro atoms. The zero-order valence-electron chi connectivity index (χ0n) is 18.5. The van der Waals surface area contributed by atoms with Gasteiger partial charge in [-0.05, 0) is 49.2 Å². The molecule has 5 rings (SSSR count). The number of anilines is 1. The monoisotopic (exact) mass is 431 g/mol. The first-order valence-electron chi connectivity index (χ1n) is 10.6. The number of methoxy groups -OCH3 is 1. The number of carbonyl (C=O) groups is 2. The SMILES string of the molecule is COc1cc([C@H]2C3=C(CN(C(C)=O)C3=O)Nc3cccc4c3c2cn4C(C)C)ccc1O. The van der Waals surface area contributed by atoms with Gasteiger partial charge in [0, 0.05) is 41.9 Å². The lowest BCUT2D eigenvalue weighted by Crippen LogP contribution is -2.33. The van der Waals surface area contributed by atoms with Gasteiger partial charge >= 0.3 is 0 Å². The van der Waals surface area contributed by atoms with Crippen LogP contribution in [0.25, 0.3) is 10.9 Å². The third-order valence-electron chi connectivity index (χ3n) is 6.36. The van der Waals surface area contributed by atoms with Crippen molar-refractivity contribution in [3.63, 3.8) is 0 Å². The number of hydrogen-bond donors (Lipinski definition) is 2. The van der Waals surface area contributed by atoms with Crippen molar-refractivity contribution >= 4 is 28.4 Å². The quantitative estimate of drug-likeness (QED) is 0.651. The molecule has 2 aliphatic heterocycles. The topological polar surface area (TPSA) is 83.8 Å². The van der Waals surface area contributed by atoms with Crippen molar-refractivity contribution in [1.82, 2.24) is 9.47 Å². The van der Waals surface area contributed by atoms with Crippen LogP contribution in [0, 0.1) is 0 Å². The fourth-order valence-corrected chi connectivity index (χ4v) is 4.88. The average molecular weight is 431 g/mol. The Labute approximate surface area is 185 Å². The first-order chi connectivity index (χ1) is 15.3. The van der Waals surface area contributed by atoms with E-state index >= 15 is 0 Å². The molecule has 0 saturated heterocycles. The van der Waals surface area contributed by atoms with Crippen molar-refractivity contribution in [2.45, 2.75) is 32.7 Å². The van der Waals surface area contributed by atoms with Gasteiger partial charge in [-0.15, -0.1) is 0 Å². The summed E-state index contributed by atoms with van der Waals surface area (Å²) in [6, 6.07) is 11.5. The Hall–Kier alpha value is -3.74. The van der Waals surface area contributed by atoms with Crippen LogP contribution in [0.3, 0.4) is 0 Å². The molecule has 0 saturated carbocycles. The molecule has 32 heavy (non-hydrogen) atoms. The maximum atomic E-state index is 13.5. The van der Waals surface area contributed by atoms with Gasteiger partial charge in [-0.25, -0.2) is 0 Å². The molecule has 2 amide bonds. The van der Waals surface area contributed by atoms with Crippen LogP contribution in [0.4, 0.5) is 5.69 Å². The Bertz CT molecular complexity index is 1320. The first-order valence-corrected chi connectivity index (χ1v) is 10.6. The predicted molar refractivity (Wildman–Crippen MR) is 122 cm³/mol. The number of aromatic hydroxyl groups is 1. The van der Waals surface area contributed by atoms with Crippen molar-refractivity contribution in [1.29, 1.82) is 0 Å². The summed E-state index contributed by atoms with van der Waals surface area (Å²) >= 11 is 0. The summed E-state index contributed by atoms with van der Waals surface area (Å²) in [4.78, 5) is 26.9. The largest absolute Gasteiger partial charge is 0.504 e. The molecule has 0 unspecified atom stereocenters. The van der Waals surface area contributed by atoms with E-state index in [9.17, 15) is 14.7 Å². The van der Waals surface area contributed by atoms with Gasteiger partial charge < -0.3 is 19.7 Å². The van der Waals surface area contributed by atoms with E-state index in [-0.39, 0.29) is 30.2 Å². The second-order valence-corrected chi connectivity index (χ2v) is 8.58. The molecule has 1 aromatic heterocycles. The van der Waals surface area contributed by atoms with Gasteiger partial charge in [-0.3, -0.25) is 14.5 Å². The summed E-state index contributed by atoms with van der Waals surface area (Å²) in [5.41, 5.74) is 5.05. The molecule has 2 aromatic carbocycles. The smallest absolute Gasteiger partial charge is 0.259 e. The lowest BCUT2D eigenvalue weighted by atomic mass is 9.84. The highest BCUT2D eigenvalue weighted by atomic mass is 16.5. The fourth-order valence-electron chi connectivity index (χ4n) is 4.88. The molecule has 0 fully saturated rings. The maximum absolute atomic E-state index is 13.5. The van der Waals surface area contributed by atoms with E-state index in [4.69, 9.17) is 4.74 Å². The molecule has 0 bridgehead atoms. The van der Waals surface area contributed by atoms with Crippen molar-refractivity contribution < 1.29 is 19.4 Å². The van der Waals surface area contributed by atoms with E-state index < -0.39 is 5.92 Å². The number of ether oxygens (including phenoxy) is 1. The first kappa shape index (κ1) is 20.2. The highest BCUT2D eigenvalue weighted by molar-refractivity contribution is 6.11. The van der Waals surface area contributed by atoms with E-state index in [1.807, 2.05) is 18.2 Å². The second kappa shape index (κ2) is 7.15. The fraction of sp³-hybridized carbons (Fsp3) is 0.280. The van der Waals surface area contributed by atoms with E-state index in [1.54, 1.807) is 12.1 Å². The van der Waals surface area contributed by atoms with Crippen molar-refractivity contribution in [2.24, 2.45) is 0 Å². The molecule has 0 aliphatic carbocycles. The number of hydrogen-bond acceptors (Lipinski definition) is 5. The normalized spacial score (nSPS) is 17.6. The molecule has 7 nitrogen and oxygen atoms in total. The zero-order valence-corrected chi connectivity index (χ0v) is 18.5. The van der Waals surface area contributed by atoms with Crippen LogP contribution >= 0.6 is 0 Å². The van der Waals surface area contributed by atoms with Gasteiger partial charge in [-0.1, -0.05) is 12.1 Å². The summed E-state index contributed by atoms with van der Waals surface area (Å²) in [7, 11) is 1.50. The van der Waals surface area contributed by atoms with Crippen LogP contribution in [-0.4, -0.2) is 40.0 Å². The number of carbonyl (C=O) groups excluding carboxylic acids is 2. The van der Waals surface area contributed by atoms with Crippen molar-refractivity contribution in [2.75, 3.05) is 19.0 Å². The minimum atomic E-state index is -0.421. The number of amides is 2. The van der Waals surface area contributed by atoms with Crippen LogP contribution in [0.2, 0.25) is 0 Å². The Kier molecular flexibility index (Phi) is 4.51. The van der Waals surface area contributed by atoms with E-state index in [0.29, 0.717) is 11.3 Å². The summed E-state index contributed by atoms with van der Waals surface area (Å²) in [5, 5.41) is 14.7. The number of aromatic nitrogens is 1. The highest BCUT2D eigenvalue weighted by Gasteiger charge is 2.41. The molecule has 3 aromatic rings. The summed E-state index contributed by atoms with van der Waals surface area (Å²) in [6.45, 7) is 5.86. The van der Waals surface area contributed by atoms with Gasteiger partial charge in [0.05, 0.1) is 24.7 Å². The van der Waals surface area contributed by atoms with E-state index in [2.05, 4.69) is 36.0 Å². The number of phenolic OH excluding ortho intramolecular Hbond substituents is 1. The van der Waals surface area contributed by atoms with Crippen LogP contribution in [0.1, 0.15) is 43.9 Å². The molecule has 164 valence electrons. The summed E-state index contributed by atoms with van der Waals surface area (Å²) < 4.78 is 7.56. The Morgan fingerprint density at radius 3 is 2.72 bits per heavy atom. The Balaban J connectivity index is 1.83. The number of phenols is 1. The van der Waals surface area contributed by atoms with Crippen LogP contribution < -0.4 is 10.1 Å². The number of benzene rings is 2. The van der Waals surface area contributed by atoms with E-state index in [0.717, 1.165) is 33.4 Å². The second-order valence-electron chi connectivity index (χ2n) is 8.58. The Morgan fingerprint density at radius 1 is 1.25 bits per heavy atom. The number of nitrogens with zero attached hydrogens (tertiary/aromatic N) is 2. The highest BCUT2D eigenvalue weighted by Crippen LogP contribution is 2.48. The van der Waals surface area contributed by atoms with Crippen LogP contribution in [0.15, 0.2) is 53.9 Å². The summed E-state index contributed by atoms with van der Waals surface area (Å²) in [5.74, 6) is -0.635. The minimum absolute atomic E-state index is 0.0330. The van der Waals surface area contributed by atoms with Gasteiger partial charge in [-0.2, -0.15) is 0 Å². The summed E-state index contributed by atoms with van der Waals surface area (Å²) in [6.07, 6.45) is 2.10. The zero-order chi connectivity index (χ0) is 22.7. The van der Waals surface area contributed by atoms with Crippen LogP contribution in [-0.2, 0) is 9.59 Å². The van der Waals surface area contributed by atoms with Crippen molar-refractivity contribution in [3.05, 3.63) is 65.0 Å². The van der Waals surface area contributed by atoms with Crippen molar-refractivity contribution in [3.8, 4) is 11.5 Å². The average Bonchev–Trinajstić information content (AvgIpc) is 3.25. The molecular weight excluding hydrogens is 406 g/mol. The third kappa shape index (κ3) is 2.81.